The van der Waals surface area contributed by atoms with Crippen LogP contribution in [0, 0.1) is 12.7 Å². The molecule has 1 amide bonds. The zero-order valence-electron chi connectivity index (χ0n) is 13.3. The first-order valence-corrected chi connectivity index (χ1v) is 7.60. The maximum atomic E-state index is 13.7. The average molecular weight is 310 g/mol. The van der Waals surface area contributed by atoms with Crippen molar-refractivity contribution in [2.24, 2.45) is 0 Å². The highest BCUT2D eigenvalue weighted by Gasteiger charge is 2.16. The molecule has 0 aliphatic rings. The van der Waals surface area contributed by atoms with E-state index in [4.69, 9.17) is 0 Å². The second-order valence-corrected chi connectivity index (χ2v) is 5.79. The SMILES string of the molecule is Cc1[nH]c2ccccc2c1CC(=O)N(C)Cc1ccccc1F. The number of para-hydroxylation sites is 1. The molecule has 0 fully saturated rings. The Kier molecular flexibility index (Phi) is 4.15. The molecule has 2 aromatic carbocycles. The van der Waals surface area contributed by atoms with Crippen LogP contribution in [0.25, 0.3) is 10.9 Å². The number of aromatic amines is 1. The van der Waals surface area contributed by atoms with Crippen molar-refractivity contribution in [3.05, 3.63) is 71.2 Å². The number of likely N-dealkylation sites (N-methyl/N-ethyl adjacent to an activating group) is 1. The Hall–Kier alpha value is -2.62. The molecule has 0 aliphatic heterocycles. The fourth-order valence-corrected chi connectivity index (χ4v) is 2.82. The van der Waals surface area contributed by atoms with E-state index in [0.717, 1.165) is 22.2 Å². The normalized spacial score (nSPS) is 10.9. The van der Waals surface area contributed by atoms with Gasteiger partial charge in [-0.3, -0.25) is 4.79 Å². The highest BCUT2D eigenvalue weighted by atomic mass is 19.1. The Labute approximate surface area is 134 Å². The van der Waals surface area contributed by atoms with Crippen molar-refractivity contribution in [2.45, 2.75) is 19.9 Å². The number of aromatic nitrogens is 1. The summed E-state index contributed by atoms with van der Waals surface area (Å²) in [4.78, 5) is 17.4. The molecule has 0 atom stereocenters. The van der Waals surface area contributed by atoms with Gasteiger partial charge in [0.2, 0.25) is 5.91 Å². The number of fused-ring (bicyclic) bond motifs is 1. The predicted molar refractivity (Wildman–Crippen MR) is 89.6 cm³/mol. The minimum atomic E-state index is -0.282. The van der Waals surface area contributed by atoms with Gasteiger partial charge in [0, 0.05) is 35.8 Å². The van der Waals surface area contributed by atoms with Crippen LogP contribution in [-0.2, 0) is 17.8 Å². The van der Waals surface area contributed by atoms with Gasteiger partial charge in [0.1, 0.15) is 5.82 Å². The third kappa shape index (κ3) is 3.11. The summed E-state index contributed by atoms with van der Waals surface area (Å²) >= 11 is 0. The maximum Gasteiger partial charge on any atom is 0.227 e. The van der Waals surface area contributed by atoms with Gasteiger partial charge in [0.15, 0.2) is 0 Å². The van der Waals surface area contributed by atoms with Crippen LogP contribution in [0.3, 0.4) is 0 Å². The first kappa shape index (κ1) is 15.3. The molecular weight excluding hydrogens is 291 g/mol. The number of carbonyl (C=O) groups is 1. The van der Waals surface area contributed by atoms with E-state index in [2.05, 4.69) is 4.98 Å². The Morgan fingerprint density at radius 3 is 2.61 bits per heavy atom. The van der Waals surface area contributed by atoms with Crippen molar-refractivity contribution in [2.75, 3.05) is 7.05 Å². The second-order valence-electron chi connectivity index (χ2n) is 5.79. The minimum absolute atomic E-state index is 0.0268. The number of hydrogen-bond acceptors (Lipinski definition) is 1. The number of nitrogens with zero attached hydrogens (tertiary/aromatic N) is 1. The molecule has 23 heavy (non-hydrogen) atoms. The van der Waals surface area contributed by atoms with Crippen LogP contribution in [0.4, 0.5) is 4.39 Å². The van der Waals surface area contributed by atoms with Crippen molar-refractivity contribution >= 4 is 16.8 Å². The third-order valence-electron chi connectivity index (χ3n) is 4.15. The number of halogens is 1. The minimum Gasteiger partial charge on any atom is -0.358 e. The van der Waals surface area contributed by atoms with Crippen LogP contribution in [0.2, 0.25) is 0 Å². The molecule has 0 spiro atoms. The summed E-state index contributed by atoms with van der Waals surface area (Å²) in [6.45, 7) is 2.24. The van der Waals surface area contributed by atoms with Crippen molar-refractivity contribution in [1.29, 1.82) is 0 Å². The number of nitrogens with one attached hydrogen (secondary N) is 1. The first-order valence-electron chi connectivity index (χ1n) is 7.60. The topological polar surface area (TPSA) is 36.1 Å². The van der Waals surface area contributed by atoms with E-state index in [9.17, 15) is 9.18 Å². The van der Waals surface area contributed by atoms with Crippen LogP contribution in [0.5, 0.6) is 0 Å². The van der Waals surface area contributed by atoms with E-state index in [-0.39, 0.29) is 18.3 Å². The molecule has 3 aromatic rings. The molecule has 3 rings (SSSR count). The molecule has 0 bridgehead atoms. The molecule has 1 N–H and O–H groups in total. The number of H-pyrrole nitrogens is 1. The first-order chi connectivity index (χ1) is 11.1. The van der Waals surface area contributed by atoms with Gasteiger partial charge in [-0.05, 0) is 24.6 Å². The van der Waals surface area contributed by atoms with Crippen LogP contribution < -0.4 is 0 Å². The lowest BCUT2D eigenvalue weighted by molar-refractivity contribution is -0.129. The van der Waals surface area contributed by atoms with Crippen molar-refractivity contribution in [1.82, 2.24) is 9.88 Å². The number of carbonyl (C=O) groups excluding carboxylic acids is 1. The molecule has 118 valence electrons. The molecule has 3 nitrogen and oxygen atoms in total. The molecule has 0 saturated carbocycles. The van der Waals surface area contributed by atoms with Gasteiger partial charge in [-0.2, -0.15) is 0 Å². The Morgan fingerprint density at radius 1 is 1.13 bits per heavy atom. The van der Waals surface area contributed by atoms with E-state index in [0.29, 0.717) is 12.0 Å². The summed E-state index contributed by atoms with van der Waals surface area (Å²) in [5.74, 6) is -0.309. The van der Waals surface area contributed by atoms with Crippen LogP contribution >= 0.6 is 0 Å². The predicted octanol–water partition coefficient (Wildman–Crippen LogP) is 3.82. The molecule has 0 unspecified atom stereocenters. The van der Waals surface area contributed by atoms with Gasteiger partial charge < -0.3 is 9.88 Å². The molecule has 4 heteroatoms. The Morgan fingerprint density at radius 2 is 1.83 bits per heavy atom. The van der Waals surface area contributed by atoms with Gasteiger partial charge >= 0.3 is 0 Å². The van der Waals surface area contributed by atoms with Gasteiger partial charge in [0.05, 0.1) is 6.42 Å². The third-order valence-corrected chi connectivity index (χ3v) is 4.15. The highest BCUT2D eigenvalue weighted by Crippen LogP contribution is 2.23. The number of aryl methyl sites for hydroxylation is 1. The van der Waals surface area contributed by atoms with E-state index >= 15 is 0 Å². The summed E-state index contributed by atoms with van der Waals surface area (Å²) in [5.41, 5.74) is 3.56. The van der Waals surface area contributed by atoms with Gasteiger partial charge in [-0.1, -0.05) is 36.4 Å². The van der Waals surface area contributed by atoms with E-state index in [1.165, 1.54) is 6.07 Å². The quantitative estimate of drug-likeness (QED) is 0.781. The van der Waals surface area contributed by atoms with Gasteiger partial charge in [-0.15, -0.1) is 0 Å². The smallest absolute Gasteiger partial charge is 0.227 e. The molecule has 1 aromatic heterocycles. The van der Waals surface area contributed by atoms with Crippen LogP contribution in [0.15, 0.2) is 48.5 Å². The fraction of sp³-hybridized carbons (Fsp3) is 0.211. The number of benzene rings is 2. The molecule has 1 heterocycles. The van der Waals surface area contributed by atoms with Crippen molar-refractivity contribution in [3.63, 3.8) is 0 Å². The van der Waals surface area contributed by atoms with E-state index in [1.54, 1.807) is 30.1 Å². The molecular formula is C19H19FN2O. The average Bonchev–Trinajstić information content (AvgIpc) is 2.85. The van der Waals surface area contributed by atoms with E-state index < -0.39 is 0 Å². The Balaban J connectivity index is 1.78. The summed E-state index contributed by atoms with van der Waals surface area (Å²) in [6, 6.07) is 14.5. The standard InChI is InChI=1S/C19H19FN2O/c1-13-16(15-8-4-6-10-18(15)21-13)11-19(23)22(2)12-14-7-3-5-9-17(14)20/h3-10,21H,11-12H2,1-2H3. The summed E-state index contributed by atoms with van der Waals surface area (Å²) < 4.78 is 13.7. The van der Waals surface area contributed by atoms with Crippen molar-refractivity contribution < 1.29 is 9.18 Å². The lowest BCUT2D eigenvalue weighted by Crippen LogP contribution is -2.28. The monoisotopic (exact) mass is 310 g/mol. The largest absolute Gasteiger partial charge is 0.358 e. The summed E-state index contributed by atoms with van der Waals surface area (Å²) in [7, 11) is 1.71. The number of hydrogen-bond donors (Lipinski definition) is 1. The Bertz CT molecular complexity index is 853. The van der Waals surface area contributed by atoms with Gasteiger partial charge in [-0.25, -0.2) is 4.39 Å². The van der Waals surface area contributed by atoms with Crippen LogP contribution in [-0.4, -0.2) is 22.8 Å². The van der Waals surface area contributed by atoms with Crippen LogP contribution in [0.1, 0.15) is 16.8 Å². The molecule has 0 aliphatic carbocycles. The summed E-state index contributed by atoms with van der Waals surface area (Å²) in [5, 5.41) is 1.07. The number of amides is 1. The lowest BCUT2D eigenvalue weighted by Gasteiger charge is -2.18. The van der Waals surface area contributed by atoms with Gasteiger partial charge in [0.25, 0.3) is 0 Å². The maximum absolute atomic E-state index is 13.7. The zero-order valence-corrected chi connectivity index (χ0v) is 13.3. The fourth-order valence-electron chi connectivity index (χ4n) is 2.82. The molecule has 0 saturated heterocycles. The highest BCUT2D eigenvalue weighted by molar-refractivity contribution is 5.90. The lowest BCUT2D eigenvalue weighted by atomic mass is 10.1. The summed E-state index contributed by atoms with van der Waals surface area (Å²) in [6.07, 6.45) is 0.306. The number of rotatable bonds is 4. The second kappa shape index (κ2) is 6.24. The zero-order chi connectivity index (χ0) is 16.4. The van der Waals surface area contributed by atoms with Crippen molar-refractivity contribution in [3.8, 4) is 0 Å². The molecule has 0 radical (unpaired) electrons. The van der Waals surface area contributed by atoms with E-state index in [1.807, 2.05) is 31.2 Å².